The van der Waals surface area contributed by atoms with E-state index in [9.17, 15) is 5.11 Å². The van der Waals surface area contributed by atoms with Gasteiger partial charge in [0.1, 0.15) is 5.75 Å². The van der Waals surface area contributed by atoms with Gasteiger partial charge in [0.25, 0.3) is 0 Å². The van der Waals surface area contributed by atoms with Crippen LogP contribution < -0.4 is 4.80 Å². The molecule has 31 heavy (non-hydrogen) atoms. The van der Waals surface area contributed by atoms with Crippen molar-refractivity contribution >= 4 is 40.8 Å². The molecule has 0 bridgehead atoms. The van der Waals surface area contributed by atoms with Gasteiger partial charge in [-0.3, -0.25) is 0 Å². The Kier molecular flexibility index (Phi) is 6.87. The summed E-state index contributed by atoms with van der Waals surface area (Å²) in [6.45, 7) is 0.732. The van der Waals surface area contributed by atoms with Gasteiger partial charge < -0.3 is 9.67 Å². The maximum Gasteiger partial charge on any atom is 0.211 e. The molecule has 0 amide bonds. The number of rotatable bonds is 6. The molecular weight excluding hydrogens is 449 g/mol. The van der Waals surface area contributed by atoms with Gasteiger partial charge >= 0.3 is 0 Å². The molecule has 3 aromatic carbocycles. The number of halogens is 2. The molecule has 1 N–H and O–H groups in total. The maximum atomic E-state index is 9.41. The lowest BCUT2D eigenvalue weighted by Gasteiger charge is -2.10. The van der Waals surface area contributed by atoms with E-state index in [4.69, 9.17) is 23.2 Å². The second-order valence-corrected chi connectivity index (χ2v) is 8.53. The van der Waals surface area contributed by atoms with Crippen LogP contribution in [0.5, 0.6) is 5.75 Å². The summed E-state index contributed by atoms with van der Waals surface area (Å²) < 4.78 is 2.13. The SMILES string of the molecule is Oc1ccc(C=NN=c2scc(-c3ccc(Cl)cc3Cl)n2CCc2ccccc2)cc1. The topological polar surface area (TPSA) is 49.9 Å². The summed E-state index contributed by atoms with van der Waals surface area (Å²) in [5.41, 5.74) is 3.98. The summed E-state index contributed by atoms with van der Waals surface area (Å²) >= 11 is 14.1. The summed E-state index contributed by atoms with van der Waals surface area (Å²) in [7, 11) is 0. The van der Waals surface area contributed by atoms with Gasteiger partial charge in [0, 0.05) is 22.5 Å². The molecule has 156 valence electrons. The summed E-state index contributed by atoms with van der Waals surface area (Å²) in [5.74, 6) is 0.218. The van der Waals surface area contributed by atoms with Crippen LogP contribution in [0.1, 0.15) is 11.1 Å². The zero-order chi connectivity index (χ0) is 21.6. The lowest BCUT2D eigenvalue weighted by atomic mass is 10.1. The van der Waals surface area contributed by atoms with E-state index in [1.807, 2.05) is 35.7 Å². The summed E-state index contributed by atoms with van der Waals surface area (Å²) in [4.78, 5) is 0.770. The standard InChI is InChI=1S/C24H19Cl2N3OS/c25-19-8-11-21(22(26)14-19)23-16-31-24(28-27-15-18-6-9-20(30)10-7-18)29(23)13-12-17-4-2-1-3-5-17/h1-11,14-16,30H,12-13H2. The van der Waals surface area contributed by atoms with Crippen molar-refractivity contribution in [2.24, 2.45) is 10.2 Å². The van der Waals surface area contributed by atoms with Crippen LogP contribution in [0.4, 0.5) is 0 Å². The van der Waals surface area contributed by atoms with Crippen molar-refractivity contribution < 1.29 is 5.11 Å². The van der Waals surface area contributed by atoms with E-state index in [0.717, 1.165) is 34.6 Å². The Morgan fingerprint density at radius 3 is 2.48 bits per heavy atom. The smallest absolute Gasteiger partial charge is 0.211 e. The average molecular weight is 468 g/mol. The van der Waals surface area contributed by atoms with E-state index < -0.39 is 0 Å². The molecule has 0 fully saturated rings. The fraction of sp³-hybridized carbons (Fsp3) is 0.0833. The Labute approximate surface area is 194 Å². The Morgan fingerprint density at radius 2 is 1.74 bits per heavy atom. The minimum atomic E-state index is 0.218. The Hall–Kier alpha value is -2.86. The molecule has 0 saturated carbocycles. The van der Waals surface area contributed by atoms with Gasteiger partial charge in [-0.05, 0) is 60.0 Å². The summed E-state index contributed by atoms with van der Waals surface area (Å²) in [5, 5.41) is 21.3. The number of aryl methyl sites for hydroxylation is 1. The molecule has 0 aliphatic rings. The van der Waals surface area contributed by atoms with E-state index in [2.05, 4.69) is 26.9 Å². The molecule has 1 heterocycles. The van der Waals surface area contributed by atoms with E-state index >= 15 is 0 Å². The molecule has 0 radical (unpaired) electrons. The van der Waals surface area contributed by atoms with Crippen LogP contribution in [0.25, 0.3) is 11.3 Å². The highest BCUT2D eigenvalue weighted by atomic mass is 35.5. The van der Waals surface area contributed by atoms with Gasteiger partial charge in [0.05, 0.1) is 16.9 Å². The molecular formula is C24H19Cl2N3OS. The third-order valence-electron chi connectivity index (χ3n) is 4.71. The quantitative estimate of drug-likeness (QED) is 0.258. The van der Waals surface area contributed by atoms with Crippen LogP contribution in [-0.4, -0.2) is 15.9 Å². The van der Waals surface area contributed by atoms with Gasteiger partial charge in [-0.15, -0.1) is 16.4 Å². The van der Waals surface area contributed by atoms with Crippen molar-refractivity contribution in [3.8, 4) is 17.0 Å². The van der Waals surface area contributed by atoms with Crippen LogP contribution in [0, 0.1) is 0 Å². The minimum absolute atomic E-state index is 0.218. The second kappa shape index (κ2) is 9.96. The predicted molar refractivity (Wildman–Crippen MR) is 129 cm³/mol. The number of thiazole rings is 1. The highest BCUT2D eigenvalue weighted by Crippen LogP contribution is 2.30. The number of aromatic hydroxyl groups is 1. The second-order valence-electron chi connectivity index (χ2n) is 6.85. The first-order valence-corrected chi connectivity index (χ1v) is 11.3. The molecule has 0 aliphatic carbocycles. The van der Waals surface area contributed by atoms with Crippen molar-refractivity contribution in [2.45, 2.75) is 13.0 Å². The van der Waals surface area contributed by atoms with Crippen molar-refractivity contribution in [3.05, 3.63) is 104 Å². The molecule has 1 aromatic heterocycles. The molecule has 0 aliphatic heterocycles. The third kappa shape index (κ3) is 5.44. The molecule has 0 atom stereocenters. The van der Waals surface area contributed by atoms with E-state index in [-0.39, 0.29) is 5.75 Å². The minimum Gasteiger partial charge on any atom is -0.508 e. The number of aromatic nitrogens is 1. The normalized spacial score (nSPS) is 12.0. The molecule has 4 rings (SSSR count). The van der Waals surface area contributed by atoms with E-state index in [1.54, 1.807) is 36.5 Å². The summed E-state index contributed by atoms with van der Waals surface area (Å²) in [6.07, 6.45) is 2.51. The van der Waals surface area contributed by atoms with Gasteiger partial charge in [0.2, 0.25) is 4.80 Å². The number of phenolic OH excluding ortho intramolecular Hbond substituents is 1. The predicted octanol–water partition coefficient (Wildman–Crippen LogP) is 6.41. The molecule has 0 spiro atoms. The highest BCUT2D eigenvalue weighted by Gasteiger charge is 2.12. The first-order chi connectivity index (χ1) is 15.1. The first kappa shape index (κ1) is 21.4. The van der Waals surface area contributed by atoms with Crippen molar-refractivity contribution in [1.29, 1.82) is 0 Å². The van der Waals surface area contributed by atoms with Gasteiger partial charge in [-0.2, -0.15) is 5.10 Å². The van der Waals surface area contributed by atoms with Gasteiger partial charge in [0.15, 0.2) is 0 Å². The lowest BCUT2D eigenvalue weighted by molar-refractivity contribution is 0.475. The van der Waals surface area contributed by atoms with Crippen LogP contribution in [-0.2, 0) is 13.0 Å². The van der Waals surface area contributed by atoms with Crippen LogP contribution in [0.3, 0.4) is 0 Å². The largest absolute Gasteiger partial charge is 0.508 e. The lowest BCUT2D eigenvalue weighted by Crippen LogP contribution is -2.17. The first-order valence-electron chi connectivity index (χ1n) is 9.64. The molecule has 7 heteroatoms. The highest BCUT2D eigenvalue weighted by molar-refractivity contribution is 7.07. The number of phenols is 1. The number of hydrogen-bond acceptors (Lipinski definition) is 4. The summed E-state index contributed by atoms with van der Waals surface area (Å²) in [6, 6.07) is 22.6. The maximum absolute atomic E-state index is 9.41. The number of nitrogens with zero attached hydrogens (tertiary/aromatic N) is 3. The van der Waals surface area contributed by atoms with Gasteiger partial charge in [-0.25, -0.2) is 0 Å². The van der Waals surface area contributed by atoms with Crippen molar-refractivity contribution in [2.75, 3.05) is 0 Å². The Bertz CT molecular complexity index is 1260. The fourth-order valence-corrected chi connectivity index (χ4v) is 4.52. The van der Waals surface area contributed by atoms with Crippen molar-refractivity contribution in [3.63, 3.8) is 0 Å². The molecule has 4 nitrogen and oxygen atoms in total. The van der Waals surface area contributed by atoms with Crippen molar-refractivity contribution in [1.82, 2.24) is 4.57 Å². The van der Waals surface area contributed by atoms with E-state index in [1.165, 1.54) is 16.9 Å². The Balaban J connectivity index is 1.70. The van der Waals surface area contributed by atoms with Gasteiger partial charge in [-0.1, -0.05) is 53.5 Å². The van der Waals surface area contributed by atoms with Crippen LogP contribution >= 0.6 is 34.5 Å². The molecule has 0 unspecified atom stereocenters. The average Bonchev–Trinajstić information content (AvgIpc) is 3.17. The molecule has 4 aromatic rings. The molecule has 0 saturated heterocycles. The zero-order valence-electron chi connectivity index (χ0n) is 16.5. The Morgan fingerprint density at radius 1 is 0.968 bits per heavy atom. The van der Waals surface area contributed by atoms with E-state index in [0.29, 0.717) is 10.0 Å². The number of benzene rings is 3. The fourth-order valence-electron chi connectivity index (χ4n) is 3.13. The monoisotopic (exact) mass is 467 g/mol. The zero-order valence-corrected chi connectivity index (χ0v) is 18.8. The third-order valence-corrected chi connectivity index (χ3v) is 6.12. The number of hydrogen-bond donors (Lipinski definition) is 1. The van der Waals surface area contributed by atoms with Crippen LogP contribution in [0.2, 0.25) is 10.0 Å². The van der Waals surface area contributed by atoms with Crippen LogP contribution in [0.15, 0.2) is 88.4 Å².